The number of amides is 1. The summed E-state index contributed by atoms with van der Waals surface area (Å²) >= 11 is 0. The molecule has 3 nitrogen and oxygen atoms in total. The lowest BCUT2D eigenvalue weighted by Crippen LogP contribution is -2.55. The van der Waals surface area contributed by atoms with E-state index in [4.69, 9.17) is 0 Å². The van der Waals surface area contributed by atoms with Gasteiger partial charge in [-0.3, -0.25) is 4.79 Å². The summed E-state index contributed by atoms with van der Waals surface area (Å²) in [5, 5.41) is 3.31. The van der Waals surface area contributed by atoms with Crippen LogP contribution in [0.4, 0.5) is 0 Å². The first-order valence-corrected chi connectivity index (χ1v) is 4.38. The zero-order valence-corrected chi connectivity index (χ0v) is 7.90. The van der Waals surface area contributed by atoms with E-state index in [0.29, 0.717) is 11.9 Å². The number of piperazine rings is 1. The van der Waals surface area contributed by atoms with Gasteiger partial charge < -0.3 is 10.2 Å². The molecular weight excluding hydrogens is 176 g/mol. The van der Waals surface area contributed by atoms with E-state index in [9.17, 15) is 4.79 Å². The lowest BCUT2D eigenvalue weighted by Gasteiger charge is -2.39. The van der Waals surface area contributed by atoms with Crippen molar-refractivity contribution in [3.8, 4) is 0 Å². The van der Waals surface area contributed by atoms with Crippen LogP contribution in [0.2, 0.25) is 0 Å². The molecular formula is C8H15ClN2O. The molecule has 2 aliphatic rings. The third-order valence-corrected chi connectivity index (χ3v) is 2.60. The fourth-order valence-corrected chi connectivity index (χ4v) is 1.98. The summed E-state index contributed by atoms with van der Waals surface area (Å²) in [6.45, 7) is 2.90. The second kappa shape index (κ2) is 4.10. The Kier molecular flexibility index (Phi) is 3.35. The van der Waals surface area contributed by atoms with Crippen LogP contribution >= 0.6 is 12.4 Å². The molecule has 2 saturated heterocycles. The molecule has 0 aromatic carbocycles. The topological polar surface area (TPSA) is 32.3 Å². The van der Waals surface area contributed by atoms with Crippen molar-refractivity contribution < 1.29 is 4.79 Å². The molecule has 1 atom stereocenters. The molecule has 12 heavy (non-hydrogen) atoms. The summed E-state index contributed by atoms with van der Waals surface area (Å²) in [4.78, 5) is 13.4. The summed E-state index contributed by atoms with van der Waals surface area (Å²) in [5.74, 6) is 0.364. The number of nitrogens with zero attached hydrogens (tertiary/aromatic N) is 1. The van der Waals surface area contributed by atoms with E-state index in [1.807, 2.05) is 4.90 Å². The van der Waals surface area contributed by atoms with Crippen molar-refractivity contribution in [3.05, 3.63) is 0 Å². The molecule has 2 fully saturated rings. The smallest absolute Gasteiger partial charge is 0.222 e. The molecule has 0 spiro atoms. The summed E-state index contributed by atoms with van der Waals surface area (Å²) < 4.78 is 0. The van der Waals surface area contributed by atoms with Gasteiger partial charge in [0.25, 0.3) is 0 Å². The van der Waals surface area contributed by atoms with E-state index in [-0.39, 0.29) is 12.4 Å². The predicted molar refractivity (Wildman–Crippen MR) is 49.5 cm³/mol. The van der Waals surface area contributed by atoms with Gasteiger partial charge in [0.2, 0.25) is 5.91 Å². The van der Waals surface area contributed by atoms with Gasteiger partial charge >= 0.3 is 0 Å². The number of carbonyl (C=O) groups excluding carboxylic acids is 1. The third-order valence-electron chi connectivity index (χ3n) is 2.60. The van der Waals surface area contributed by atoms with Crippen LogP contribution in [-0.4, -0.2) is 36.5 Å². The monoisotopic (exact) mass is 190 g/mol. The number of carbonyl (C=O) groups is 1. The van der Waals surface area contributed by atoms with E-state index in [0.717, 1.165) is 32.5 Å². The van der Waals surface area contributed by atoms with Crippen LogP contribution in [0.1, 0.15) is 19.3 Å². The highest BCUT2D eigenvalue weighted by molar-refractivity contribution is 5.85. The molecule has 2 rings (SSSR count). The molecule has 1 N–H and O–H groups in total. The number of rotatable bonds is 0. The summed E-state index contributed by atoms with van der Waals surface area (Å²) in [6, 6.07) is 0.505. The maximum absolute atomic E-state index is 11.3. The summed E-state index contributed by atoms with van der Waals surface area (Å²) in [5.41, 5.74) is 0. The first-order chi connectivity index (χ1) is 5.38. The Bertz CT molecular complexity index is 172. The van der Waals surface area contributed by atoms with Crippen molar-refractivity contribution in [2.45, 2.75) is 25.3 Å². The molecule has 4 heteroatoms. The molecule has 0 radical (unpaired) electrons. The van der Waals surface area contributed by atoms with Crippen LogP contribution in [0, 0.1) is 0 Å². The largest absolute Gasteiger partial charge is 0.337 e. The van der Waals surface area contributed by atoms with E-state index in [1.54, 1.807) is 0 Å². The van der Waals surface area contributed by atoms with E-state index in [1.165, 1.54) is 6.42 Å². The fourth-order valence-electron chi connectivity index (χ4n) is 1.98. The molecule has 0 bridgehead atoms. The van der Waals surface area contributed by atoms with Crippen molar-refractivity contribution in [2.75, 3.05) is 19.6 Å². The van der Waals surface area contributed by atoms with Crippen LogP contribution in [-0.2, 0) is 4.79 Å². The van der Waals surface area contributed by atoms with Gasteiger partial charge in [0.1, 0.15) is 0 Å². The van der Waals surface area contributed by atoms with Crippen LogP contribution in [0.25, 0.3) is 0 Å². The van der Waals surface area contributed by atoms with Crippen molar-refractivity contribution in [1.29, 1.82) is 0 Å². The standard InChI is InChI=1S/C8H14N2O.ClH/c11-8-3-1-2-7-6-9-4-5-10(7)8;/h7,9H,1-6H2;1H. The normalized spacial score (nSPS) is 29.2. The Morgan fingerprint density at radius 2 is 2.33 bits per heavy atom. The van der Waals surface area contributed by atoms with Crippen LogP contribution < -0.4 is 5.32 Å². The molecule has 2 aliphatic heterocycles. The predicted octanol–water partition coefficient (Wildman–Crippen LogP) is 0.392. The Morgan fingerprint density at radius 3 is 3.08 bits per heavy atom. The van der Waals surface area contributed by atoms with Gasteiger partial charge in [-0.15, -0.1) is 12.4 Å². The highest BCUT2D eigenvalue weighted by Gasteiger charge is 2.29. The Hall–Kier alpha value is -0.280. The molecule has 1 amide bonds. The number of halogens is 1. The molecule has 0 aromatic heterocycles. The average Bonchev–Trinajstić information content (AvgIpc) is 2.06. The summed E-state index contributed by atoms with van der Waals surface area (Å²) in [6.07, 6.45) is 3.05. The van der Waals surface area contributed by atoms with Gasteiger partial charge in [0.15, 0.2) is 0 Å². The maximum Gasteiger partial charge on any atom is 0.222 e. The quantitative estimate of drug-likeness (QED) is 0.600. The molecule has 1 unspecified atom stereocenters. The van der Waals surface area contributed by atoms with E-state index < -0.39 is 0 Å². The van der Waals surface area contributed by atoms with Crippen LogP contribution in [0.15, 0.2) is 0 Å². The highest BCUT2D eigenvalue weighted by Crippen LogP contribution is 2.18. The Labute approximate surface area is 78.9 Å². The van der Waals surface area contributed by atoms with Crippen molar-refractivity contribution in [2.24, 2.45) is 0 Å². The minimum absolute atomic E-state index is 0. The SMILES string of the molecule is Cl.O=C1CCCC2CNCCN12. The number of nitrogens with one attached hydrogen (secondary N) is 1. The van der Waals surface area contributed by atoms with Crippen LogP contribution in [0.3, 0.4) is 0 Å². The maximum atomic E-state index is 11.3. The lowest BCUT2D eigenvalue weighted by atomic mass is 10.00. The van der Waals surface area contributed by atoms with Crippen LogP contribution in [0.5, 0.6) is 0 Å². The van der Waals surface area contributed by atoms with Gasteiger partial charge in [-0.2, -0.15) is 0 Å². The van der Waals surface area contributed by atoms with Crippen molar-refractivity contribution in [3.63, 3.8) is 0 Å². The lowest BCUT2D eigenvalue weighted by molar-refractivity contribution is -0.137. The molecule has 70 valence electrons. The first-order valence-electron chi connectivity index (χ1n) is 4.38. The first kappa shape index (κ1) is 9.81. The van der Waals surface area contributed by atoms with Crippen molar-refractivity contribution >= 4 is 18.3 Å². The summed E-state index contributed by atoms with van der Waals surface area (Å²) in [7, 11) is 0. The molecule has 0 aromatic rings. The highest BCUT2D eigenvalue weighted by atomic mass is 35.5. The second-order valence-corrected chi connectivity index (χ2v) is 3.34. The molecule has 0 aliphatic carbocycles. The second-order valence-electron chi connectivity index (χ2n) is 3.34. The number of fused-ring (bicyclic) bond motifs is 1. The zero-order valence-electron chi connectivity index (χ0n) is 7.08. The fraction of sp³-hybridized carbons (Fsp3) is 0.875. The Balaban J connectivity index is 0.000000720. The van der Waals surface area contributed by atoms with Gasteiger partial charge in [-0.1, -0.05) is 0 Å². The van der Waals surface area contributed by atoms with E-state index in [2.05, 4.69) is 5.32 Å². The minimum Gasteiger partial charge on any atom is -0.337 e. The molecule has 2 heterocycles. The minimum atomic E-state index is 0. The van der Waals surface area contributed by atoms with Gasteiger partial charge in [-0.05, 0) is 12.8 Å². The van der Waals surface area contributed by atoms with Gasteiger partial charge in [-0.25, -0.2) is 0 Å². The van der Waals surface area contributed by atoms with Gasteiger partial charge in [0, 0.05) is 32.1 Å². The average molecular weight is 191 g/mol. The zero-order chi connectivity index (χ0) is 7.68. The number of piperidine rings is 1. The molecule has 0 saturated carbocycles. The van der Waals surface area contributed by atoms with Crippen molar-refractivity contribution in [1.82, 2.24) is 10.2 Å². The number of hydrogen-bond acceptors (Lipinski definition) is 2. The number of hydrogen-bond donors (Lipinski definition) is 1. The van der Waals surface area contributed by atoms with Gasteiger partial charge in [0.05, 0.1) is 0 Å². The van der Waals surface area contributed by atoms with E-state index >= 15 is 0 Å². The Morgan fingerprint density at radius 1 is 1.50 bits per heavy atom. The third kappa shape index (κ3) is 1.72.